The number of hydrogen-bond donors (Lipinski definition) is 0. The standard InChI is InChI=1S/C19H26BrN5O/c1-5-14(12-24(3)4)19(21-6-2)26-16-10-9-15-18(17(16)20)22-23-25(15)11-13-7-8-13/h5-6,9,13,16H,2,7-8,10-12H2,1,3-4H3/b14-5-,21-19?. The Labute approximate surface area is 162 Å². The maximum Gasteiger partial charge on any atom is 0.218 e. The molecule has 7 heteroatoms. The maximum absolute atomic E-state index is 6.25. The molecule has 1 atom stereocenters. The Kier molecular flexibility index (Phi) is 6.09. The molecule has 0 spiro atoms. The fourth-order valence-corrected chi connectivity index (χ4v) is 3.54. The molecule has 1 unspecified atom stereocenters. The summed E-state index contributed by atoms with van der Waals surface area (Å²) in [6.07, 6.45) is 8.90. The molecule has 6 nitrogen and oxygen atoms in total. The van der Waals surface area contributed by atoms with Gasteiger partial charge in [0.25, 0.3) is 0 Å². The van der Waals surface area contributed by atoms with E-state index in [1.54, 1.807) is 0 Å². The third-order valence-electron chi connectivity index (χ3n) is 4.51. The van der Waals surface area contributed by atoms with Gasteiger partial charge in [0.15, 0.2) is 0 Å². The first-order valence-electron chi connectivity index (χ1n) is 8.98. The first kappa shape index (κ1) is 19.0. The van der Waals surface area contributed by atoms with E-state index < -0.39 is 0 Å². The van der Waals surface area contributed by atoms with Crippen LogP contribution in [0.5, 0.6) is 0 Å². The molecule has 0 bridgehead atoms. The van der Waals surface area contributed by atoms with Crippen LogP contribution in [0.3, 0.4) is 0 Å². The monoisotopic (exact) mass is 419 g/mol. The zero-order valence-electron chi connectivity index (χ0n) is 15.7. The van der Waals surface area contributed by atoms with E-state index in [0.29, 0.717) is 5.90 Å². The van der Waals surface area contributed by atoms with Crippen LogP contribution in [0.15, 0.2) is 29.4 Å². The van der Waals surface area contributed by atoms with Crippen molar-refractivity contribution in [1.29, 1.82) is 0 Å². The molecule has 0 aliphatic heterocycles. The Balaban J connectivity index is 1.84. The predicted octanol–water partition coefficient (Wildman–Crippen LogP) is 1.81. The minimum Gasteiger partial charge on any atom is -0.468 e. The number of ether oxygens (including phenoxy) is 1. The molecule has 140 valence electrons. The number of aromatic nitrogens is 3. The lowest BCUT2D eigenvalue weighted by Gasteiger charge is -2.22. The lowest BCUT2D eigenvalue weighted by Crippen LogP contribution is -2.39. The smallest absolute Gasteiger partial charge is 0.218 e. The first-order valence-corrected chi connectivity index (χ1v) is 9.77. The number of nitrogens with zero attached hydrogens (tertiary/aromatic N) is 5. The third-order valence-corrected chi connectivity index (χ3v) is 5.39. The Bertz CT molecular complexity index is 848. The van der Waals surface area contributed by atoms with Gasteiger partial charge < -0.3 is 9.64 Å². The van der Waals surface area contributed by atoms with E-state index in [-0.39, 0.29) is 6.10 Å². The number of likely N-dealkylation sites (N-methyl/N-ethyl adjacent to an activating group) is 1. The Morgan fingerprint density at radius 3 is 2.88 bits per heavy atom. The molecule has 0 aromatic carbocycles. The Hall–Kier alpha value is -1.73. The lowest BCUT2D eigenvalue weighted by atomic mass is 10.1. The van der Waals surface area contributed by atoms with Gasteiger partial charge in [-0.15, -0.1) is 5.10 Å². The second-order valence-electron chi connectivity index (χ2n) is 7.01. The van der Waals surface area contributed by atoms with Crippen LogP contribution in [0.25, 0.3) is 10.6 Å². The number of hydrogen-bond acceptors (Lipinski definition) is 5. The molecule has 1 saturated carbocycles. The highest BCUT2D eigenvalue weighted by molar-refractivity contribution is 9.15. The van der Waals surface area contributed by atoms with Gasteiger partial charge in [-0.05, 0) is 55.7 Å². The minimum absolute atomic E-state index is 0.163. The highest BCUT2D eigenvalue weighted by Gasteiger charge is 2.26. The second-order valence-corrected chi connectivity index (χ2v) is 7.87. The van der Waals surface area contributed by atoms with Gasteiger partial charge in [0.1, 0.15) is 11.5 Å². The third kappa shape index (κ3) is 4.32. The van der Waals surface area contributed by atoms with E-state index in [9.17, 15) is 0 Å². The molecule has 1 aromatic heterocycles. The van der Waals surface area contributed by atoms with Crippen molar-refractivity contribution in [1.82, 2.24) is 19.9 Å². The lowest BCUT2D eigenvalue weighted by molar-refractivity contribution is 0.252. The largest absolute Gasteiger partial charge is 0.468 e. The summed E-state index contributed by atoms with van der Waals surface area (Å²) >= 11 is 3.70. The van der Waals surface area contributed by atoms with Crippen molar-refractivity contribution in [2.24, 2.45) is 10.9 Å². The molecule has 3 rings (SSSR count). The molecular weight excluding hydrogens is 394 g/mol. The topological polar surface area (TPSA) is 55.5 Å². The normalized spacial score (nSPS) is 20.8. The molecule has 0 amide bonds. The Morgan fingerprint density at radius 2 is 2.27 bits per heavy atom. The van der Waals surface area contributed by atoms with E-state index in [4.69, 9.17) is 4.74 Å². The zero-order valence-corrected chi connectivity index (χ0v) is 17.2. The van der Waals surface area contributed by atoms with Crippen LogP contribution in [0.1, 0.15) is 26.2 Å². The van der Waals surface area contributed by atoms with Crippen LogP contribution in [0.4, 0.5) is 0 Å². The van der Waals surface area contributed by atoms with Crippen molar-refractivity contribution in [3.05, 3.63) is 35.1 Å². The SMILES string of the molecule is C=CN=C(OC1CC=c2c(nnn2CC2CC2)=C1Br)/C(=C\C)CN(C)C. The molecule has 0 radical (unpaired) electrons. The van der Waals surface area contributed by atoms with Crippen LogP contribution in [0, 0.1) is 5.92 Å². The van der Waals surface area contributed by atoms with Gasteiger partial charge in [0, 0.05) is 31.3 Å². The molecule has 0 N–H and O–H groups in total. The van der Waals surface area contributed by atoms with Crippen molar-refractivity contribution < 1.29 is 4.74 Å². The van der Waals surface area contributed by atoms with E-state index in [0.717, 1.165) is 46.2 Å². The fraction of sp³-hybridized carbons (Fsp3) is 0.526. The predicted molar refractivity (Wildman–Crippen MR) is 108 cm³/mol. The van der Waals surface area contributed by atoms with Crippen LogP contribution < -0.4 is 10.7 Å². The van der Waals surface area contributed by atoms with Crippen molar-refractivity contribution in [3.8, 4) is 0 Å². The molecule has 26 heavy (non-hydrogen) atoms. The van der Waals surface area contributed by atoms with Gasteiger partial charge >= 0.3 is 0 Å². The minimum atomic E-state index is -0.163. The average Bonchev–Trinajstić information content (AvgIpc) is 3.33. The van der Waals surface area contributed by atoms with Crippen molar-refractivity contribution in [3.63, 3.8) is 0 Å². The van der Waals surface area contributed by atoms with E-state index in [2.05, 4.69) is 48.8 Å². The van der Waals surface area contributed by atoms with Crippen molar-refractivity contribution in [2.75, 3.05) is 20.6 Å². The molecule has 2 aliphatic rings. The van der Waals surface area contributed by atoms with E-state index >= 15 is 0 Å². The van der Waals surface area contributed by atoms with Crippen LogP contribution >= 0.6 is 15.9 Å². The number of allylic oxidation sites excluding steroid dienone is 1. The molecular formula is C19H26BrN5O. The molecule has 1 aromatic rings. The summed E-state index contributed by atoms with van der Waals surface area (Å²) in [5, 5.41) is 10.7. The van der Waals surface area contributed by atoms with Gasteiger partial charge in [0.05, 0.1) is 9.83 Å². The van der Waals surface area contributed by atoms with Crippen LogP contribution in [-0.2, 0) is 11.3 Å². The molecule has 0 saturated heterocycles. The Morgan fingerprint density at radius 1 is 1.50 bits per heavy atom. The second kappa shape index (κ2) is 8.31. The summed E-state index contributed by atoms with van der Waals surface area (Å²) in [4.78, 5) is 6.45. The number of fused-ring (bicyclic) bond motifs is 1. The zero-order chi connectivity index (χ0) is 18.7. The van der Waals surface area contributed by atoms with E-state index in [1.807, 2.05) is 31.8 Å². The number of rotatable bonds is 7. The summed E-state index contributed by atoms with van der Waals surface area (Å²) < 4.78 is 9.19. The van der Waals surface area contributed by atoms with Gasteiger partial charge in [0.2, 0.25) is 5.90 Å². The molecule has 1 heterocycles. The number of halogens is 1. The van der Waals surface area contributed by atoms with Crippen molar-refractivity contribution >= 4 is 32.4 Å². The van der Waals surface area contributed by atoms with Crippen molar-refractivity contribution in [2.45, 2.75) is 38.8 Å². The van der Waals surface area contributed by atoms with Gasteiger partial charge in [-0.25, -0.2) is 9.67 Å². The average molecular weight is 420 g/mol. The number of aliphatic imine (C=N–C) groups is 1. The van der Waals surface area contributed by atoms with Gasteiger partial charge in [-0.1, -0.05) is 23.9 Å². The fourth-order valence-electron chi connectivity index (χ4n) is 2.98. The summed E-state index contributed by atoms with van der Waals surface area (Å²) in [6.45, 7) is 7.42. The quantitative estimate of drug-likeness (QED) is 0.499. The molecule has 2 aliphatic carbocycles. The van der Waals surface area contributed by atoms with Crippen LogP contribution in [-0.4, -0.2) is 52.5 Å². The highest BCUT2D eigenvalue weighted by Crippen LogP contribution is 2.29. The first-order chi connectivity index (χ1) is 12.5. The summed E-state index contributed by atoms with van der Waals surface area (Å²) in [5.41, 5.74) is 1.03. The van der Waals surface area contributed by atoms with E-state index in [1.165, 1.54) is 19.0 Å². The summed E-state index contributed by atoms with van der Waals surface area (Å²) in [6, 6.07) is 0. The maximum atomic E-state index is 6.25. The van der Waals surface area contributed by atoms with Gasteiger partial charge in [-0.3, -0.25) is 0 Å². The van der Waals surface area contributed by atoms with Gasteiger partial charge in [-0.2, -0.15) is 0 Å². The summed E-state index contributed by atoms with van der Waals surface area (Å²) in [7, 11) is 4.05. The van der Waals surface area contributed by atoms with Crippen LogP contribution in [0.2, 0.25) is 0 Å². The highest BCUT2D eigenvalue weighted by atomic mass is 79.9. The summed E-state index contributed by atoms with van der Waals surface area (Å²) in [5.74, 6) is 1.36. The molecule has 1 fully saturated rings.